The van der Waals surface area contributed by atoms with Crippen LogP contribution in [0.5, 0.6) is 0 Å². The van der Waals surface area contributed by atoms with E-state index >= 15 is 0 Å². The third-order valence-corrected chi connectivity index (χ3v) is 8.74. The maximum atomic E-state index is 13.3. The number of ketones is 1. The SMILES string of the molecule is CC1NNC(N2C(=O)C(C(=O)C3CC3)c3ccc(S(=O)(=O)NC4(C)CC4)cc32)S1. The van der Waals surface area contributed by atoms with E-state index < -0.39 is 21.4 Å². The van der Waals surface area contributed by atoms with Gasteiger partial charge in [0.05, 0.1) is 16.0 Å². The zero-order valence-electron chi connectivity index (χ0n) is 16.3. The zero-order valence-corrected chi connectivity index (χ0v) is 17.9. The summed E-state index contributed by atoms with van der Waals surface area (Å²) < 4.78 is 28.5. The number of nitrogens with one attached hydrogen (secondary N) is 3. The Kier molecular flexibility index (Phi) is 4.38. The summed E-state index contributed by atoms with van der Waals surface area (Å²) in [7, 11) is -3.71. The lowest BCUT2D eigenvalue weighted by Crippen LogP contribution is -2.46. The van der Waals surface area contributed by atoms with E-state index in [0.29, 0.717) is 11.3 Å². The molecule has 2 heterocycles. The molecule has 1 aromatic rings. The number of sulfonamides is 1. The Balaban J connectivity index is 1.55. The molecule has 156 valence electrons. The lowest BCUT2D eigenvalue weighted by Gasteiger charge is -2.24. The Morgan fingerprint density at radius 2 is 2.00 bits per heavy atom. The summed E-state index contributed by atoms with van der Waals surface area (Å²) in [4.78, 5) is 27.8. The summed E-state index contributed by atoms with van der Waals surface area (Å²) in [5.41, 5.74) is 6.45. The smallest absolute Gasteiger partial charge is 0.244 e. The Hall–Kier alpha value is -1.46. The first-order chi connectivity index (χ1) is 13.7. The molecule has 3 unspecified atom stereocenters. The molecule has 0 bridgehead atoms. The maximum absolute atomic E-state index is 13.3. The van der Waals surface area contributed by atoms with Gasteiger partial charge in [-0.05, 0) is 57.2 Å². The first kappa shape index (κ1) is 19.5. The molecule has 0 radical (unpaired) electrons. The minimum Gasteiger partial charge on any atom is -0.298 e. The highest BCUT2D eigenvalue weighted by Crippen LogP contribution is 2.46. The number of hydrogen-bond acceptors (Lipinski definition) is 7. The van der Waals surface area contributed by atoms with Gasteiger partial charge in [-0.15, -0.1) is 0 Å². The first-order valence-corrected chi connectivity index (χ1v) is 12.3. The van der Waals surface area contributed by atoms with Crippen molar-refractivity contribution in [2.45, 2.75) is 66.8 Å². The molecule has 2 aliphatic carbocycles. The second-order valence-corrected chi connectivity index (χ2v) is 11.7. The molecule has 1 saturated heterocycles. The van der Waals surface area contributed by atoms with Crippen molar-refractivity contribution in [1.29, 1.82) is 0 Å². The van der Waals surface area contributed by atoms with Gasteiger partial charge in [-0.2, -0.15) is 0 Å². The van der Waals surface area contributed by atoms with Crippen molar-refractivity contribution in [3.05, 3.63) is 23.8 Å². The highest BCUT2D eigenvalue weighted by Gasteiger charge is 2.50. The summed E-state index contributed by atoms with van der Waals surface area (Å²) in [6.07, 6.45) is 3.27. The Morgan fingerprint density at radius 3 is 2.59 bits per heavy atom. The van der Waals surface area contributed by atoms with Gasteiger partial charge in [0.2, 0.25) is 15.9 Å². The lowest BCUT2D eigenvalue weighted by molar-refractivity contribution is -0.129. The highest BCUT2D eigenvalue weighted by atomic mass is 32.2. The summed E-state index contributed by atoms with van der Waals surface area (Å²) in [5.74, 6) is -1.24. The number of hydrogen-bond donors (Lipinski definition) is 3. The number of carbonyl (C=O) groups excluding carboxylic acids is 2. The molecule has 8 nitrogen and oxygen atoms in total. The number of Topliss-reactive ketones (excluding diaryl/α,β-unsaturated/α-hetero) is 1. The number of nitrogens with zero attached hydrogens (tertiary/aromatic N) is 1. The molecule has 3 fully saturated rings. The summed E-state index contributed by atoms with van der Waals surface area (Å²) >= 11 is 1.51. The fourth-order valence-electron chi connectivity index (χ4n) is 3.90. The molecule has 3 N–H and O–H groups in total. The quantitative estimate of drug-likeness (QED) is 0.579. The van der Waals surface area contributed by atoms with Gasteiger partial charge in [-0.3, -0.25) is 14.5 Å². The van der Waals surface area contributed by atoms with Crippen LogP contribution in [0.15, 0.2) is 23.1 Å². The van der Waals surface area contributed by atoms with E-state index in [1.165, 1.54) is 23.9 Å². The number of rotatable bonds is 6. The molecule has 5 rings (SSSR count). The Bertz CT molecular complexity index is 1000. The van der Waals surface area contributed by atoms with E-state index in [4.69, 9.17) is 0 Å². The third-order valence-electron chi connectivity index (χ3n) is 5.99. The van der Waals surface area contributed by atoms with E-state index in [1.807, 2.05) is 13.8 Å². The fraction of sp³-hybridized carbons (Fsp3) is 0.579. The average molecular weight is 437 g/mol. The number of hydrazine groups is 1. The molecule has 10 heteroatoms. The lowest BCUT2D eigenvalue weighted by atomic mass is 9.93. The molecule has 29 heavy (non-hydrogen) atoms. The normalized spacial score (nSPS) is 30.5. The Labute approximate surface area is 174 Å². The third kappa shape index (κ3) is 3.40. The van der Waals surface area contributed by atoms with Gasteiger partial charge in [0.1, 0.15) is 11.4 Å². The standard InChI is InChI=1S/C19H24N4O4S2/c1-10-20-21-18(28-10)23-14-9-12(29(26,27)22-19(2)7-8-19)5-6-13(14)15(17(23)25)16(24)11-3-4-11/h5-6,9-11,15,18,20-22H,3-4,7-8H2,1-2H3. The van der Waals surface area contributed by atoms with Gasteiger partial charge in [-0.1, -0.05) is 17.8 Å². The number of anilines is 1. The van der Waals surface area contributed by atoms with Crippen LogP contribution in [-0.4, -0.2) is 36.5 Å². The van der Waals surface area contributed by atoms with E-state index in [1.54, 1.807) is 11.0 Å². The molecule has 4 aliphatic rings. The van der Waals surface area contributed by atoms with Gasteiger partial charge in [0, 0.05) is 11.5 Å². The number of thioether (sulfide) groups is 1. The molecule has 1 aromatic carbocycles. The zero-order chi connectivity index (χ0) is 20.6. The molecule has 2 saturated carbocycles. The number of benzene rings is 1. The monoisotopic (exact) mass is 436 g/mol. The predicted octanol–water partition coefficient (Wildman–Crippen LogP) is 1.40. The molecular weight excluding hydrogens is 412 g/mol. The number of amides is 1. The van der Waals surface area contributed by atoms with Crippen LogP contribution in [0.25, 0.3) is 0 Å². The van der Waals surface area contributed by atoms with Crippen molar-refractivity contribution in [1.82, 2.24) is 15.6 Å². The minimum atomic E-state index is -3.71. The molecule has 1 amide bonds. The summed E-state index contributed by atoms with van der Waals surface area (Å²) in [6.45, 7) is 3.84. The van der Waals surface area contributed by atoms with Gasteiger partial charge in [0.15, 0.2) is 5.78 Å². The molecule has 3 atom stereocenters. The van der Waals surface area contributed by atoms with Crippen molar-refractivity contribution in [2.24, 2.45) is 5.92 Å². The largest absolute Gasteiger partial charge is 0.298 e. The minimum absolute atomic E-state index is 0.0537. The maximum Gasteiger partial charge on any atom is 0.244 e. The highest BCUT2D eigenvalue weighted by molar-refractivity contribution is 8.00. The van der Waals surface area contributed by atoms with Gasteiger partial charge < -0.3 is 0 Å². The van der Waals surface area contributed by atoms with Crippen molar-refractivity contribution in [3.63, 3.8) is 0 Å². The molecule has 2 aliphatic heterocycles. The van der Waals surface area contributed by atoms with Crippen molar-refractivity contribution in [2.75, 3.05) is 4.90 Å². The molecule has 0 aromatic heterocycles. The average Bonchev–Trinajstić information content (AvgIpc) is 3.56. The summed E-state index contributed by atoms with van der Waals surface area (Å²) in [5, 5.41) is 0.0813. The number of carbonyl (C=O) groups is 2. The van der Waals surface area contributed by atoms with E-state index in [2.05, 4.69) is 15.6 Å². The van der Waals surface area contributed by atoms with Crippen molar-refractivity contribution >= 4 is 39.2 Å². The van der Waals surface area contributed by atoms with E-state index in [-0.39, 0.29) is 33.4 Å². The van der Waals surface area contributed by atoms with Crippen LogP contribution >= 0.6 is 11.8 Å². The molecule has 0 spiro atoms. The van der Waals surface area contributed by atoms with Crippen LogP contribution in [0.1, 0.15) is 51.0 Å². The number of fused-ring (bicyclic) bond motifs is 1. The van der Waals surface area contributed by atoms with Gasteiger partial charge in [-0.25, -0.2) is 24.0 Å². The first-order valence-electron chi connectivity index (χ1n) is 9.90. The van der Waals surface area contributed by atoms with Gasteiger partial charge in [0.25, 0.3) is 0 Å². The second kappa shape index (κ2) is 6.52. The second-order valence-electron chi connectivity index (χ2n) is 8.62. The van der Waals surface area contributed by atoms with Crippen LogP contribution in [0.3, 0.4) is 0 Å². The van der Waals surface area contributed by atoms with Crippen LogP contribution in [0.2, 0.25) is 0 Å². The predicted molar refractivity (Wildman–Crippen MR) is 109 cm³/mol. The Morgan fingerprint density at radius 1 is 1.28 bits per heavy atom. The van der Waals surface area contributed by atoms with Crippen LogP contribution < -0.4 is 20.5 Å². The van der Waals surface area contributed by atoms with E-state index in [0.717, 1.165) is 25.7 Å². The summed E-state index contributed by atoms with van der Waals surface area (Å²) in [6, 6.07) is 4.68. The van der Waals surface area contributed by atoms with Crippen LogP contribution in [-0.2, 0) is 19.6 Å². The topological polar surface area (TPSA) is 108 Å². The fourth-order valence-corrected chi connectivity index (χ4v) is 6.39. The van der Waals surface area contributed by atoms with Crippen molar-refractivity contribution < 1.29 is 18.0 Å². The van der Waals surface area contributed by atoms with Crippen LogP contribution in [0, 0.1) is 5.92 Å². The van der Waals surface area contributed by atoms with Gasteiger partial charge >= 0.3 is 0 Å². The van der Waals surface area contributed by atoms with Crippen molar-refractivity contribution in [3.8, 4) is 0 Å². The van der Waals surface area contributed by atoms with E-state index in [9.17, 15) is 18.0 Å². The molecular formula is C19H24N4O4S2. The van der Waals surface area contributed by atoms with Crippen LogP contribution in [0.4, 0.5) is 5.69 Å².